The third-order valence-electron chi connectivity index (χ3n) is 7.80. The number of hydrogen-bond donors (Lipinski definition) is 1. The number of nitrogens with one attached hydrogen (secondary N) is 1. The van der Waals surface area contributed by atoms with Gasteiger partial charge < -0.3 is 19.7 Å². The number of aromatic nitrogens is 4. The zero-order valence-corrected chi connectivity index (χ0v) is 23.8. The number of fused-ring (bicyclic) bond motifs is 1. The van der Waals surface area contributed by atoms with Crippen LogP contribution < -0.4 is 10.2 Å². The van der Waals surface area contributed by atoms with Gasteiger partial charge in [-0.25, -0.2) is 4.98 Å². The molecule has 1 aromatic carbocycles. The largest absolute Gasteiger partial charge is 0.342 e. The molecular weight excluding hydrogens is 476 g/mol. The van der Waals surface area contributed by atoms with Crippen LogP contribution in [0.4, 0.5) is 17.5 Å². The van der Waals surface area contributed by atoms with Crippen molar-refractivity contribution in [3.8, 4) is 0 Å². The maximum Gasteiger partial charge on any atom is 0.236 e. The van der Waals surface area contributed by atoms with Crippen LogP contribution in [-0.4, -0.2) is 81.0 Å². The first-order chi connectivity index (χ1) is 18.1. The molecule has 9 heteroatoms. The van der Waals surface area contributed by atoms with Gasteiger partial charge in [-0.2, -0.15) is 9.97 Å². The summed E-state index contributed by atoms with van der Waals surface area (Å²) in [6.07, 6.45) is 4.11. The quantitative estimate of drug-likeness (QED) is 0.514. The van der Waals surface area contributed by atoms with E-state index in [9.17, 15) is 4.79 Å². The normalized spacial score (nSPS) is 17.1. The average molecular weight is 519 g/mol. The first kappa shape index (κ1) is 26.4. The molecule has 2 fully saturated rings. The number of aryl methyl sites for hydroxylation is 1. The highest BCUT2D eigenvalue weighted by molar-refractivity contribution is 5.87. The van der Waals surface area contributed by atoms with E-state index in [0.29, 0.717) is 18.1 Å². The van der Waals surface area contributed by atoms with E-state index in [1.807, 2.05) is 11.2 Å². The second-order valence-electron chi connectivity index (χ2n) is 12.0. The molecule has 1 amide bonds. The van der Waals surface area contributed by atoms with Crippen molar-refractivity contribution in [2.75, 3.05) is 56.0 Å². The Balaban J connectivity index is 1.40. The van der Waals surface area contributed by atoms with Gasteiger partial charge in [-0.1, -0.05) is 32.9 Å². The van der Waals surface area contributed by atoms with Crippen molar-refractivity contribution >= 4 is 34.5 Å². The maximum absolute atomic E-state index is 12.6. The summed E-state index contributed by atoms with van der Waals surface area (Å²) in [7, 11) is 0. The molecule has 5 rings (SSSR count). The number of imidazole rings is 1. The number of amides is 1. The van der Waals surface area contributed by atoms with Crippen molar-refractivity contribution in [3.63, 3.8) is 0 Å². The van der Waals surface area contributed by atoms with Crippen LogP contribution in [0.2, 0.25) is 0 Å². The van der Waals surface area contributed by atoms with E-state index >= 15 is 0 Å². The minimum Gasteiger partial charge on any atom is -0.342 e. The van der Waals surface area contributed by atoms with E-state index in [2.05, 4.69) is 84.4 Å². The summed E-state index contributed by atoms with van der Waals surface area (Å²) >= 11 is 0. The van der Waals surface area contributed by atoms with Crippen LogP contribution in [-0.2, 0) is 10.2 Å². The van der Waals surface area contributed by atoms with Gasteiger partial charge in [0.2, 0.25) is 11.9 Å². The second-order valence-corrected chi connectivity index (χ2v) is 12.0. The molecule has 2 aliphatic heterocycles. The zero-order valence-electron chi connectivity index (χ0n) is 23.8. The minimum absolute atomic E-state index is 0.0474. The van der Waals surface area contributed by atoms with Gasteiger partial charge in [0.15, 0.2) is 11.5 Å². The first-order valence-corrected chi connectivity index (χ1v) is 14.0. The summed E-state index contributed by atoms with van der Waals surface area (Å²) in [5.41, 5.74) is 5.14. The molecular formula is C29H42N8O. The molecule has 0 spiro atoms. The fraction of sp³-hybridized carbons (Fsp3) is 0.586. The Labute approximate surface area is 226 Å². The van der Waals surface area contributed by atoms with Gasteiger partial charge in [-0.15, -0.1) is 0 Å². The Morgan fingerprint density at radius 1 is 1.03 bits per heavy atom. The number of benzene rings is 1. The van der Waals surface area contributed by atoms with Crippen LogP contribution in [0.25, 0.3) is 11.2 Å². The van der Waals surface area contributed by atoms with E-state index in [4.69, 9.17) is 9.97 Å². The Hall–Kier alpha value is -3.20. The molecule has 0 atom stereocenters. The summed E-state index contributed by atoms with van der Waals surface area (Å²) < 4.78 is 2.13. The number of carbonyl (C=O) groups excluding carboxylic acids is 1. The lowest BCUT2D eigenvalue weighted by atomic mass is 9.86. The topological polar surface area (TPSA) is 82.4 Å². The number of nitrogens with zero attached hydrogens (tertiary/aromatic N) is 7. The highest BCUT2D eigenvalue weighted by Gasteiger charge is 2.26. The highest BCUT2D eigenvalue weighted by atomic mass is 16.2. The summed E-state index contributed by atoms with van der Waals surface area (Å²) in [4.78, 5) is 33.7. The maximum atomic E-state index is 12.6. The van der Waals surface area contributed by atoms with E-state index in [1.165, 1.54) is 11.1 Å². The molecule has 2 saturated heterocycles. The Morgan fingerprint density at radius 2 is 1.74 bits per heavy atom. The van der Waals surface area contributed by atoms with Crippen LogP contribution >= 0.6 is 0 Å². The smallest absolute Gasteiger partial charge is 0.236 e. The lowest BCUT2D eigenvalue weighted by molar-refractivity contribution is -0.131. The number of likely N-dealkylation sites (tertiary alicyclic amines) is 1. The number of rotatable bonds is 6. The van der Waals surface area contributed by atoms with Crippen molar-refractivity contribution in [2.45, 2.75) is 65.8 Å². The third-order valence-corrected chi connectivity index (χ3v) is 7.80. The summed E-state index contributed by atoms with van der Waals surface area (Å²) in [6.45, 7) is 18.6. The number of carbonyl (C=O) groups is 1. The van der Waals surface area contributed by atoms with Crippen LogP contribution in [0, 0.1) is 6.92 Å². The van der Waals surface area contributed by atoms with E-state index in [0.717, 1.165) is 69.1 Å². The van der Waals surface area contributed by atoms with Crippen LogP contribution in [0.5, 0.6) is 0 Å². The fourth-order valence-electron chi connectivity index (χ4n) is 5.27. The standard InChI is InChI=1S/C29H42N8O/c1-20(2)37-19-30-26-25(37)27(31-23-17-22(29(4,5)6)10-9-21(23)3)33-28(32-26)36-15-13-34(14-16-36)18-24(38)35-11-7-8-12-35/h9-10,17,19-20H,7-8,11-16,18H2,1-6H3,(H,31,32,33). The molecule has 0 radical (unpaired) electrons. The molecule has 1 N–H and O–H groups in total. The van der Waals surface area contributed by atoms with Gasteiger partial charge in [0.25, 0.3) is 0 Å². The molecule has 38 heavy (non-hydrogen) atoms. The summed E-state index contributed by atoms with van der Waals surface area (Å²) in [5, 5.41) is 3.66. The van der Waals surface area contributed by atoms with Crippen molar-refractivity contribution in [1.82, 2.24) is 29.3 Å². The van der Waals surface area contributed by atoms with Gasteiger partial charge in [-0.05, 0) is 56.2 Å². The summed E-state index contributed by atoms with van der Waals surface area (Å²) in [5.74, 6) is 1.72. The van der Waals surface area contributed by atoms with Gasteiger partial charge in [0.05, 0.1) is 12.9 Å². The van der Waals surface area contributed by atoms with Gasteiger partial charge >= 0.3 is 0 Å². The van der Waals surface area contributed by atoms with Gasteiger partial charge in [0.1, 0.15) is 5.52 Å². The van der Waals surface area contributed by atoms with Crippen LogP contribution in [0.1, 0.15) is 64.6 Å². The SMILES string of the molecule is Cc1ccc(C(C)(C)C)cc1Nc1nc(N2CCN(CC(=O)N3CCCC3)CC2)nc2ncn(C(C)C)c12. The molecule has 3 aromatic rings. The Kier molecular flexibility index (Phi) is 7.31. The van der Waals surface area contributed by atoms with Gasteiger partial charge in [0, 0.05) is 51.0 Å². The van der Waals surface area contributed by atoms with Crippen molar-refractivity contribution < 1.29 is 4.79 Å². The molecule has 0 aliphatic carbocycles. The predicted molar refractivity (Wildman–Crippen MR) is 153 cm³/mol. The minimum atomic E-state index is 0.0474. The Bertz CT molecular complexity index is 1290. The average Bonchev–Trinajstić information content (AvgIpc) is 3.56. The number of piperazine rings is 1. The lowest BCUT2D eigenvalue weighted by Gasteiger charge is -2.35. The first-order valence-electron chi connectivity index (χ1n) is 14.0. The van der Waals surface area contributed by atoms with Crippen molar-refractivity contribution in [3.05, 3.63) is 35.7 Å². The number of hydrogen-bond acceptors (Lipinski definition) is 7. The van der Waals surface area contributed by atoms with E-state index in [-0.39, 0.29) is 17.4 Å². The van der Waals surface area contributed by atoms with Crippen molar-refractivity contribution in [1.29, 1.82) is 0 Å². The molecule has 4 heterocycles. The van der Waals surface area contributed by atoms with E-state index < -0.39 is 0 Å². The van der Waals surface area contributed by atoms with Gasteiger partial charge in [-0.3, -0.25) is 9.69 Å². The Morgan fingerprint density at radius 3 is 2.39 bits per heavy atom. The molecule has 0 saturated carbocycles. The fourth-order valence-corrected chi connectivity index (χ4v) is 5.27. The van der Waals surface area contributed by atoms with E-state index in [1.54, 1.807) is 0 Å². The lowest BCUT2D eigenvalue weighted by Crippen LogP contribution is -2.50. The molecule has 0 bridgehead atoms. The monoisotopic (exact) mass is 518 g/mol. The summed E-state index contributed by atoms with van der Waals surface area (Å²) in [6, 6.07) is 6.84. The van der Waals surface area contributed by atoms with Crippen LogP contribution in [0.15, 0.2) is 24.5 Å². The van der Waals surface area contributed by atoms with Crippen molar-refractivity contribution in [2.24, 2.45) is 0 Å². The molecule has 0 unspecified atom stereocenters. The zero-order chi connectivity index (χ0) is 27.0. The third kappa shape index (κ3) is 5.48. The predicted octanol–water partition coefficient (Wildman–Crippen LogP) is 4.50. The number of anilines is 3. The molecule has 2 aliphatic rings. The van der Waals surface area contributed by atoms with Crippen LogP contribution in [0.3, 0.4) is 0 Å². The molecule has 9 nitrogen and oxygen atoms in total. The molecule has 204 valence electrons. The second kappa shape index (κ2) is 10.5. The molecule has 2 aromatic heterocycles. The highest BCUT2D eigenvalue weighted by Crippen LogP contribution is 2.32.